The van der Waals surface area contributed by atoms with Crippen LogP contribution in [0.2, 0.25) is 5.02 Å². The third-order valence-electron chi connectivity index (χ3n) is 4.52. The highest BCUT2D eigenvalue weighted by atomic mass is 35.5. The second-order valence-corrected chi connectivity index (χ2v) is 8.60. The molecule has 0 aliphatic heterocycles. The number of hydrogen-bond acceptors (Lipinski definition) is 7. The lowest BCUT2D eigenvalue weighted by molar-refractivity contribution is 0.385. The van der Waals surface area contributed by atoms with E-state index in [9.17, 15) is 12.8 Å². The van der Waals surface area contributed by atoms with E-state index in [0.717, 1.165) is 18.2 Å². The molecule has 4 rings (SSSR count). The van der Waals surface area contributed by atoms with Gasteiger partial charge in [-0.2, -0.15) is 0 Å². The van der Waals surface area contributed by atoms with E-state index in [4.69, 9.17) is 22.1 Å². The maximum absolute atomic E-state index is 15.4. The van der Waals surface area contributed by atoms with Crippen molar-refractivity contribution in [2.75, 3.05) is 17.6 Å². The Hall–Kier alpha value is -3.57. The Balaban J connectivity index is 1.85. The van der Waals surface area contributed by atoms with Crippen LogP contribution in [0, 0.1) is 11.6 Å². The molecule has 32 heavy (non-hydrogen) atoms. The number of ether oxygens (including phenoxy) is 1. The van der Waals surface area contributed by atoms with Crippen LogP contribution in [-0.2, 0) is 10.0 Å². The Kier molecular flexibility index (Phi) is 5.53. The highest BCUT2D eigenvalue weighted by Crippen LogP contribution is 2.36. The van der Waals surface area contributed by atoms with Crippen molar-refractivity contribution in [2.24, 2.45) is 0 Å². The molecule has 0 aliphatic carbocycles. The van der Waals surface area contributed by atoms with Crippen molar-refractivity contribution in [1.82, 2.24) is 15.0 Å². The van der Waals surface area contributed by atoms with Crippen molar-refractivity contribution in [3.05, 3.63) is 65.4 Å². The summed E-state index contributed by atoms with van der Waals surface area (Å²) >= 11 is 5.85. The summed E-state index contributed by atoms with van der Waals surface area (Å²) in [5.74, 6) is -2.28. The van der Waals surface area contributed by atoms with Crippen molar-refractivity contribution in [3.8, 4) is 17.0 Å². The third kappa shape index (κ3) is 3.87. The lowest BCUT2D eigenvalue weighted by Gasteiger charge is -2.15. The number of methoxy groups -OCH3 is 1. The molecule has 0 unspecified atom stereocenters. The van der Waals surface area contributed by atoms with Gasteiger partial charge < -0.3 is 10.5 Å². The van der Waals surface area contributed by atoms with Crippen LogP contribution in [0.3, 0.4) is 0 Å². The molecular weight excluding hydrogens is 464 g/mol. The topological polar surface area (TPSA) is 120 Å². The van der Waals surface area contributed by atoms with Gasteiger partial charge in [-0.25, -0.2) is 32.2 Å². The fraction of sp³-hybridized carbons (Fsp3) is 0.0500. The summed E-state index contributed by atoms with van der Waals surface area (Å²) in [6.07, 6.45) is 2.54. The Morgan fingerprint density at radius 1 is 1.12 bits per heavy atom. The Bertz CT molecular complexity index is 1470. The van der Waals surface area contributed by atoms with Crippen LogP contribution in [-0.4, -0.2) is 30.5 Å². The van der Waals surface area contributed by atoms with E-state index < -0.39 is 37.8 Å². The molecule has 0 saturated carbocycles. The zero-order valence-electron chi connectivity index (χ0n) is 16.3. The van der Waals surface area contributed by atoms with Gasteiger partial charge in [0.25, 0.3) is 10.0 Å². The van der Waals surface area contributed by atoms with E-state index in [1.165, 1.54) is 25.6 Å². The summed E-state index contributed by atoms with van der Waals surface area (Å²) in [6, 6.07) is 7.63. The van der Waals surface area contributed by atoms with Gasteiger partial charge in [-0.15, -0.1) is 0 Å². The summed E-state index contributed by atoms with van der Waals surface area (Å²) in [6.45, 7) is 0. The van der Waals surface area contributed by atoms with E-state index in [1.807, 2.05) is 0 Å². The number of aromatic nitrogens is 3. The molecule has 0 bridgehead atoms. The third-order valence-corrected chi connectivity index (χ3v) is 6.08. The molecule has 0 atom stereocenters. The lowest BCUT2D eigenvalue weighted by Crippen LogP contribution is -2.16. The summed E-state index contributed by atoms with van der Waals surface area (Å²) in [5, 5.41) is 0.363. The minimum atomic E-state index is -4.39. The second-order valence-electron chi connectivity index (χ2n) is 6.52. The van der Waals surface area contributed by atoms with Gasteiger partial charge in [0.15, 0.2) is 10.7 Å². The molecule has 2 aromatic heterocycles. The molecule has 2 heterocycles. The number of nitrogens with two attached hydrogens (primary N) is 1. The summed E-state index contributed by atoms with van der Waals surface area (Å²) in [4.78, 5) is 11.3. The number of hydrogen-bond donors (Lipinski definition) is 2. The number of nitrogens with one attached hydrogen (secondary N) is 1. The number of fused-ring (bicyclic) bond motifs is 1. The molecule has 12 heteroatoms. The predicted molar refractivity (Wildman–Crippen MR) is 116 cm³/mol. The van der Waals surface area contributed by atoms with Gasteiger partial charge in [0.2, 0.25) is 11.8 Å². The smallest absolute Gasteiger partial charge is 0.267 e. The number of rotatable bonds is 5. The number of sulfonamides is 1. The number of nitrogens with zero attached hydrogens (tertiary/aromatic N) is 3. The molecule has 4 aromatic rings. The molecule has 3 N–H and O–H groups in total. The van der Waals surface area contributed by atoms with Crippen molar-refractivity contribution in [3.63, 3.8) is 0 Å². The zero-order chi connectivity index (χ0) is 23.0. The molecule has 8 nitrogen and oxygen atoms in total. The van der Waals surface area contributed by atoms with E-state index in [1.54, 1.807) is 12.1 Å². The van der Waals surface area contributed by atoms with Crippen molar-refractivity contribution in [1.29, 1.82) is 0 Å². The Morgan fingerprint density at radius 2 is 1.91 bits per heavy atom. The number of pyridine rings is 1. The maximum Gasteiger partial charge on any atom is 0.267 e. The number of nitrogen functional groups attached to an aromatic ring is 1. The molecule has 0 saturated heterocycles. The van der Waals surface area contributed by atoms with Crippen LogP contribution in [0.5, 0.6) is 5.88 Å². The highest BCUT2D eigenvalue weighted by Gasteiger charge is 2.25. The molecule has 0 aliphatic rings. The van der Waals surface area contributed by atoms with E-state index >= 15 is 4.39 Å². The van der Waals surface area contributed by atoms with E-state index in [0.29, 0.717) is 10.9 Å². The fourth-order valence-corrected chi connectivity index (χ4v) is 4.55. The predicted octanol–water partition coefficient (Wildman–Crippen LogP) is 4.02. The first kappa shape index (κ1) is 21.7. The number of anilines is 2. The fourth-order valence-electron chi connectivity index (χ4n) is 3.12. The minimum Gasteiger partial charge on any atom is -0.480 e. The van der Waals surface area contributed by atoms with Gasteiger partial charge in [-0.05, 0) is 29.8 Å². The minimum absolute atomic E-state index is 0.00110. The van der Waals surface area contributed by atoms with E-state index in [-0.39, 0.29) is 22.4 Å². The molecule has 0 spiro atoms. The van der Waals surface area contributed by atoms with Gasteiger partial charge in [0.1, 0.15) is 5.82 Å². The largest absolute Gasteiger partial charge is 0.480 e. The standard InChI is InChI=1S/C20H14ClF2N5O3S/c1-31-19-16(7-10(21)8-25-19)32(29,30)28-15-6-5-13(22)17(18(15)23)11-3-2-4-14-12(11)9-26-20(24)27-14/h2-9,28H,1H3,(H2,24,26,27). The second kappa shape index (κ2) is 8.17. The number of benzene rings is 2. The average Bonchev–Trinajstić information content (AvgIpc) is 2.75. The SMILES string of the molecule is COc1ncc(Cl)cc1S(=O)(=O)Nc1ccc(F)c(-c2cccc3nc(N)ncc23)c1F. The van der Waals surface area contributed by atoms with Crippen LogP contribution in [0.25, 0.3) is 22.0 Å². The van der Waals surface area contributed by atoms with Gasteiger partial charge in [0.05, 0.1) is 28.9 Å². The van der Waals surface area contributed by atoms with Crippen LogP contribution >= 0.6 is 11.6 Å². The van der Waals surface area contributed by atoms with Crippen molar-refractivity contribution < 1.29 is 21.9 Å². The monoisotopic (exact) mass is 477 g/mol. The molecular formula is C20H14ClF2N5O3S. The van der Waals surface area contributed by atoms with Gasteiger partial charge in [-0.3, -0.25) is 4.72 Å². The molecule has 0 fully saturated rings. The van der Waals surface area contributed by atoms with Crippen LogP contribution in [0.15, 0.2) is 53.7 Å². The Morgan fingerprint density at radius 3 is 2.66 bits per heavy atom. The highest BCUT2D eigenvalue weighted by molar-refractivity contribution is 7.92. The Labute approximate surface area is 186 Å². The average molecular weight is 478 g/mol. The maximum atomic E-state index is 15.4. The van der Waals surface area contributed by atoms with E-state index in [2.05, 4.69) is 19.7 Å². The van der Waals surface area contributed by atoms with Crippen LogP contribution in [0.1, 0.15) is 0 Å². The van der Waals surface area contributed by atoms with Crippen LogP contribution < -0.4 is 15.2 Å². The first-order valence-electron chi connectivity index (χ1n) is 8.93. The van der Waals surface area contributed by atoms with Gasteiger partial charge in [-0.1, -0.05) is 23.7 Å². The van der Waals surface area contributed by atoms with Gasteiger partial charge >= 0.3 is 0 Å². The normalized spacial score (nSPS) is 11.5. The van der Waals surface area contributed by atoms with Gasteiger partial charge in [0, 0.05) is 17.8 Å². The molecule has 0 amide bonds. The molecule has 164 valence electrons. The number of halogens is 3. The van der Waals surface area contributed by atoms with Crippen molar-refractivity contribution >= 4 is 44.2 Å². The van der Waals surface area contributed by atoms with Crippen LogP contribution in [0.4, 0.5) is 20.4 Å². The van der Waals surface area contributed by atoms with Crippen molar-refractivity contribution in [2.45, 2.75) is 4.90 Å². The molecule has 2 aromatic carbocycles. The molecule has 0 radical (unpaired) electrons. The summed E-state index contributed by atoms with van der Waals surface area (Å²) in [7, 11) is -3.16. The lowest BCUT2D eigenvalue weighted by atomic mass is 10.00. The summed E-state index contributed by atoms with van der Waals surface area (Å²) < 4.78 is 63.0. The summed E-state index contributed by atoms with van der Waals surface area (Å²) in [5.41, 5.74) is 5.13. The zero-order valence-corrected chi connectivity index (χ0v) is 17.9. The quantitative estimate of drug-likeness (QED) is 0.445. The first-order chi connectivity index (χ1) is 15.2. The first-order valence-corrected chi connectivity index (χ1v) is 10.8.